The molecule has 3 heterocycles. The van der Waals surface area contributed by atoms with Crippen molar-refractivity contribution in [3.8, 4) is 0 Å². The zero-order valence-corrected chi connectivity index (χ0v) is 12.1. The maximum Gasteiger partial charge on any atom is 0.273 e. The van der Waals surface area contributed by atoms with Crippen molar-refractivity contribution in [2.24, 2.45) is 5.92 Å². The van der Waals surface area contributed by atoms with Crippen LogP contribution in [0.1, 0.15) is 36.2 Å². The summed E-state index contributed by atoms with van der Waals surface area (Å²) in [5.74, 6) is 0.887. The molecule has 0 bridgehead atoms. The molecule has 0 radical (unpaired) electrons. The van der Waals surface area contributed by atoms with Crippen LogP contribution in [0.5, 0.6) is 0 Å². The Balaban J connectivity index is 1.47. The van der Waals surface area contributed by atoms with Gasteiger partial charge in [0.15, 0.2) is 0 Å². The number of carbonyl (C=O) groups excluding carboxylic acids is 1. The van der Waals surface area contributed by atoms with Crippen LogP contribution in [0.3, 0.4) is 0 Å². The highest BCUT2D eigenvalue weighted by Gasteiger charge is 2.26. The quantitative estimate of drug-likeness (QED) is 0.850. The molecular weight excluding hydrogens is 258 g/mol. The van der Waals surface area contributed by atoms with E-state index < -0.39 is 0 Å². The molecule has 0 aromatic carbocycles. The fraction of sp³-hybridized carbons (Fsp3) is 0.714. The number of hydrogen-bond donors (Lipinski definition) is 0. The molecule has 4 nitrogen and oxygen atoms in total. The fourth-order valence-corrected chi connectivity index (χ4v) is 3.65. The first-order valence-electron chi connectivity index (χ1n) is 7.23. The molecule has 0 N–H and O–H groups in total. The number of likely N-dealkylation sites (tertiary alicyclic amines) is 2. The van der Waals surface area contributed by atoms with E-state index in [-0.39, 0.29) is 5.91 Å². The first-order chi connectivity index (χ1) is 9.33. The summed E-state index contributed by atoms with van der Waals surface area (Å²) in [7, 11) is 0. The van der Waals surface area contributed by atoms with Crippen molar-refractivity contribution in [1.82, 2.24) is 14.8 Å². The van der Waals surface area contributed by atoms with E-state index >= 15 is 0 Å². The Morgan fingerprint density at radius 3 is 2.63 bits per heavy atom. The van der Waals surface area contributed by atoms with Gasteiger partial charge in [0.1, 0.15) is 5.69 Å². The van der Waals surface area contributed by atoms with Gasteiger partial charge in [-0.3, -0.25) is 4.79 Å². The van der Waals surface area contributed by atoms with Gasteiger partial charge < -0.3 is 9.80 Å². The molecule has 104 valence electrons. The van der Waals surface area contributed by atoms with Crippen LogP contribution in [-0.4, -0.2) is 53.4 Å². The Morgan fingerprint density at radius 1 is 1.26 bits per heavy atom. The minimum Gasteiger partial charge on any atom is -0.337 e. The zero-order valence-electron chi connectivity index (χ0n) is 11.3. The van der Waals surface area contributed by atoms with Gasteiger partial charge in [0.2, 0.25) is 0 Å². The molecule has 0 unspecified atom stereocenters. The Bertz CT molecular complexity index is 406. The molecule has 2 aliphatic heterocycles. The van der Waals surface area contributed by atoms with Crippen LogP contribution in [0.2, 0.25) is 0 Å². The molecule has 19 heavy (non-hydrogen) atoms. The number of rotatable bonds is 3. The van der Waals surface area contributed by atoms with Crippen LogP contribution in [0.4, 0.5) is 0 Å². The second-order valence-corrected chi connectivity index (χ2v) is 6.34. The third-order valence-corrected chi connectivity index (χ3v) is 4.85. The van der Waals surface area contributed by atoms with Gasteiger partial charge in [-0.05, 0) is 44.7 Å². The minimum absolute atomic E-state index is 0.112. The molecule has 5 heteroatoms. The van der Waals surface area contributed by atoms with Gasteiger partial charge in [-0.25, -0.2) is 4.98 Å². The van der Waals surface area contributed by atoms with Gasteiger partial charge in [0.25, 0.3) is 5.91 Å². The molecule has 1 aromatic heterocycles. The second kappa shape index (κ2) is 6.01. The van der Waals surface area contributed by atoms with E-state index in [4.69, 9.17) is 0 Å². The van der Waals surface area contributed by atoms with Crippen molar-refractivity contribution in [3.05, 3.63) is 16.6 Å². The van der Waals surface area contributed by atoms with Gasteiger partial charge in [-0.2, -0.15) is 0 Å². The molecule has 2 aliphatic rings. The van der Waals surface area contributed by atoms with Crippen molar-refractivity contribution in [2.75, 3.05) is 32.7 Å². The summed E-state index contributed by atoms with van der Waals surface area (Å²) in [6, 6.07) is 0. The third kappa shape index (κ3) is 3.15. The summed E-state index contributed by atoms with van der Waals surface area (Å²) in [6.07, 6.45) is 5.01. The molecule has 1 amide bonds. The van der Waals surface area contributed by atoms with Crippen molar-refractivity contribution in [1.29, 1.82) is 0 Å². The number of piperidine rings is 1. The summed E-state index contributed by atoms with van der Waals surface area (Å²) >= 11 is 1.49. The predicted molar refractivity (Wildman–Crippen MR) is 76.4 cm³/mol. The van der Waals surface area contributed by atoms with E-state index in [1.165, 1.54) is 43.8 Å². The normalized spacial score (nSPS) is 22.0. The van der Waals surface area contributed by atoms with Crippen molar-refractivity contribution >= 4 is 17.2 Å². The van der Waals surface area contributed by atoms with Gasteiger partial charge in [0.05, 0.1) is 5.51 Å². The molecule has 2 fully saturated rings. The van der Waals surface area contributed by atoms with Crippen LogP contribution >= 0.6 is 11.3 Å². The number of hydrogen-bond acceptors (Lipinski definition) is 4. The predicted octanol–water partition coefficient (Wildman–Crippen LogP) is 2.09. The van der Waals surface area contributed by atoms with Gasteiger partial charge in [0, 0.05) is 25.0 Å². The van der Waals surface area contributed by atoms with E-state index in [0.29, 0.717) is 5.69 Å². The van der Waals surface area contributed by atoms with E-state index in [1.54, 1.807) is 5.51 Å². The summed E-state index contributed by atoms with van der Waals surface area (Å²) in [6.45, 7) is 5.58. The van der Waals surface area contributed by atoms with E-state index in [0.717, 1.165) is 31.8 Å². The molecule has 2 saturated heterocycles. The summed E-state index contributed by atoms with van der Waals surface area (Å²) in [5, 5.41) is 1.85. The van der Waals surface area contributed by atoms with Gasteiger partial charge in [-0.1, -0.05) is 0 Å². The first kappa shape index (κ1) is 13.1. The van der Waals surface area contributed by atoms with Gasteiger partial charge in [-0.15, -0.1) is 11.3 Å². The Kier molecular flexibility index (Phi) is 4.13. The summed E-state index contributed by atoms with van der Waals surface area (Å²) in [5.41, 5.74) is 2.34. The maximum absolute atomic E-state index is 12.2. The molecule has 0 aliphatic carbocycles. The number of aromatic nitrogens is 1. The number of nitrogens with zero attached hydrogens (tertiary/aromatic N) is 3. The molecule has 0 spiro atoms. The van der Waals surface area contributed by atoms with Crippen molar-refractivity contribution in [3.63, 3.8) is 0 Å². The highest BCUT2D eigenvalue weighted by molar-refractivity contribution is 7.07. The second-order valence-electron chi connectivity index (χ2n) is 5.62. The molecule has 0 saturated carbocycles. The van der Waals surface area contributed by atoms with Crippen molar-refractivity contribution < 1.29 is 4.79 Å². The zero-order chi connectivity index (χ0) is 13.1. The highest BCUT2D eigenvalue weighted by Crippen LogP contribution is 2.21. The van der Waals surface area contributed by atoms with Crippen molar-refractivity contribution in [2.45, 2.75) is 25.7 Å². The first-order valence-corrected chi connectivity index (χ1v) is 8.17. The standard InChI is InChI=1S/C14H21N3OS/c18-14(13-10-19-11-15-13)17-7-3-12(4-8-17)9-16-5-1-2-6-16/h10-12H,1-9H2. The van der Waals surface area contributed by atoms with Crippen LogP contribution < -0.4 is 0 Å². The fourth-order valence-electron chi connectivity index (χ4n) is 3.13. The SMILES string of the molecule is O=C(c1cscn1)N1CCC(CN2CCCC2)CC1. The molecule has 0 atom stereocenters. The lowest BCUT2D eigenvalue weighted by Crippen LogP contribution is -2.41. The minimum atomic E-state index is 0.112. The Labute approximate surface area is 118 Å². The van der Waals surface area contributed by atoms with Gasteiger partial charge >= 0.3 is 0 Å². The average Bonchev–Trinajstić information content (AvgIpc) is 3.12. The Morgan fingerprint density at radius 2 is 2.00 bits per heavy atom. The lowest BCUT2D eigenvalue weighted by molar-refractivity contribution is 0.0668. The van der Waals surface area contributed by atoms with Crippen LogP contribution in [-0.2, 0) is 0 Å². The van der Waals surface area contributed by atoms with E-state index in [9.17, 15) is 4.79 Å². The largest absolute Gasteiger partial charge is 0.337 e. The summed E-state index contributed by atoms with van der Waals surface area (Å²) < 4.78 is 0. The lowest BCUT2D eigenvalue weighted by atomic mass is 9.96. The topological polar surface area (TPSA) is 36.4 Å². The third-order valence-electron chi connectivity index (χ3n) is 4.27. The molecule has 1 aromatic rings. The smallest absolute Gasteiger partial charge is 0.273 e. The number of carbonyl (C=O) groups is 1. The lowest BCUT2D eigenvalue weighted by Gasteiger charge is -2.33. The van der Waals surface area contributed by atoms with Crippen LogP contribution in [0.15, 0.2) is 10.9 Å². The van der Waals surface area contributed by atoms with Crippen LogP contribution in [0.25, 0.3) is 0 Å². The monoisotopic (exact) mass is 279 g/mol. The molecular formula is C14H21N3OS. The summed E-state index contributed by atoms with van der Waals surface area (Å²) in [4.78, 5) is 20.8. The van der Waals surface area contributed by atoms with E-state index in [2.05, 4.69) is 9.88 Å². The highest BCUT2D eigenvalue weighted by atomic mass is 32.1. The molecule has 3 rings (SSSR count). The van der Waals surface area contributed by atoms with E-state index in [1.807, 2.05) is 10.3 Å². The Hall–Kier alpha value is -0.940. The van der Waals surface area contributed by atoms with Crippen LogP contribution in [0, 0.1) is 5.92 Å². The number of amides is 1. The maximum atomic E-state index is 12.2. The number of thiazole rings is 1. The average molecular weight is 279 g/mol.